The highest BCUT2D eigenvalue weighted by Crippen LogP contribution is 2.35. The first kappa shape index (κ1) is 20.3. The van der Waals surface area contributed by atoms with E-state index in [1.54, 1.807) is 13.8 Å². The summed E-state index contributed by atoms with van der Waals surface area (Å²) >= 11 is 6.09. The molecule has 3 amide bonds. The molecule has 0 heterocycles. The van der Waals surface area contributed by atoms with Gasteiger partial charge in [0.05, 0.1) is 28.6 Å². The molecule has 1 aromatic rings. The van der Waals surface area contributed by atoms with E-state index in [0.717, 1.165) is 31.7 Å². The van der Waals surface area contributed by atoms with Crippen LogP contribution in [0.15, 0.2) is 12.1 Å². The Morgan fingerprint density at radius 3 is 2.50 bits per heavy atom. The monoisotopic (exact) mass is 384 g/mol. The number of nitrogens with zero attached hydrogens (tertiary/aromatic N) is 1. The van der Waals surface area contributed by atoms with Crippen molar-refractivity contribution < 1.29 is 24.0 Å². The Balaban J connectivity index is 2.43. The van der Waals surface area contributed by atoms with Crippen molar-refractivity contribution in [1.82, 2.24) is 0 Å². The number of nitrogens with one attached hydrogen (secondary N) is 1. The first-order valence-electron chi connectivity index (χ1n) is 8.64. The molecule has 0 aromatic heterocycles. The lowest BCUT2D eigenvalue weighted by atomic mass is 10.2. The van der Waals surface area contributed by atoms with Crippen LogP contribution in [-0.4, -0.2) is 29.8 Å². The molecule has 1 saturated carbocycles. The van der Waals surface area contributed by atoms with E-state index >= 15 is 0 Å². The number of urea groups is 1. The Morgan fingerprint density at radius 2 is 1.96 bits per heavy atom. The van der Waals surface area contributed by atoms with Crippen LogP contribution < -0.4 is 15.0 Å². The van der Waals surface area contributed by atoms with Gasteiger partial charge in [0.1, 0.15) is 11.6 Å². The fraction of sp³-hybridized carbons (Fsp3) is 0.500. The van der Waals surface area contributed by atoms with Crippen molar-refractivity contribution in [3.63, 3.8) is 0 Å². The summed E-state index contributed by atoms with van der Waals surface area (Å²) < 4.78 is 20.4. The topological polar surface area (TPSA) is 87.1 Å². The van der Waals surface area contributed by atoms with Crippen molar-refractivity contribution in [3.05, 3.63) is 23.0 Å². The fourth-order valence-corrected chi connectivity index (χ4v) is 3.02. The Labute approximate surface area is 157 Å². The molecular weight excluding hydrogens is 361 g/mol. The van der Waals surface area contributed by atoms with Gasteiger partial charge in [0.15, 0.2) is 0 Å². The van der Waals surface area contributed by atoms with E-state index in [9.17, 15) is 14.0 Å². The lowest BCUT2D eigenvalue weighted by molar-refractivity contribution is -0.585. The zero-order valence-corrected chi connectivity index (χ0v) is 15.9. The summed E-state index contributed by atoms with van der Waals surface area (Å²) in [6, 6.07) is 1.46. The highest BCUT2D eigenvalue weighted by atomic mass is 35.5. The first-order chi connectivity index (χ1) is 12.2. The molecule has 0 radical (unpaired) electrons. The minimum Gasteiger partial charge on any atom is -0.489 e. The SMILES string of the molecule is CC(=N)C(=O)N(C(=O)[NH2+]C(C)C)c1cc(OC2CCCC2)c(Cl)cc1F. The predicted octanol–water partition coefficient (Wildman–Crippen LogP) is 3.26. The number of anilines is 1. The maximum absolute atomic E-state index is 14.5. The Hall–Kier alpha value is -1.99. The molecule has 0 saturated heterocycles. The normalized spacial score (nSPS) is 14.5. The van der Waals surface area contributed by atoms with E-state index in [1.165, 1.54) is 18.3 Å². The molecule has 8 heteroatoms. The average molecular weight is 385 g/mol. The summed E-state index contributed by atoms with van der Waals surface area (Å²) in [4.78, 5) is 25.5. The number of hydrogen-bond donors (Lipinski definition) is 2. The molecule has 2 rings (SSSR count). The second kappa shape index (κ2) is 8.60. The van der Waals surface area contributed by atoms with E-state index in [2.05, 4.69) is 0 Å². The number of imide groups is 1. The Bertz CT molecular complexity index is 718. The van der Waals surface area contributed by atoms with Crippen LogP contribution >= 0.6 is 11.6 Å². The van der Waals surface area contributed by atoms with Crippen molar-refractivity contribution >= 4 is 34.9 Å². The Morgan fingerprint density at radius 1 is 1.35 bits per heavy atom. The third kappa shape index (κ3) is 4.80. The molecule has 0 aliphatic heterocycles. The molecule has 142 valence electrons. The van der Waals surface area contributed by atoms with Gasteiger partial charge in [-0.2, -0.15) is 4.90 Å². The number of nitrogens with two attached hydrogens (primary N) is 1. The number of carbonyl (C=O) groups is 2. The van der Waals surface area contributed by atoms with Crippen LogP contribution in [0, 0.1) is 11.2 Å². The van der Waals surface area contributed by atoms with Gasteiger partial charge >= 0.3 is 6.03 Å². The minimum atomic E-state index is -0.889. The maximum atomic E-state index is 14.5. The van der Waals surface area contributed by atoms with Gasteiger partial charge in [-0.25, -0.2) is 9.18 Å². The van der Waals surface area contributed by atoms with E-state index in [0.29, 0.717) is 4.90 Å². The van der Waals surface area contributed by atoms with Crippen LogP contribution in [0.1, 0.15) is 46.5 Å². The maximum Gasteiger partial charge on any atom is 0.427 e. The molecule has 6 nitrogen and oxygen atoms in total. The molecule has 1 aliphatic rings. The van der Waals surface area contributed by atoms with Gasteiger partial charge in [0.25, 0.3) is 5.91 Å². The number of ether oxygens (including phenoxy) is 1. The van der Waals surface area contributed by atoms with Crippen molar-refractivity contribution in [2.75, 3.05) is 4.90 Å². The average Bonchev–Trinajstić information content (AvgIpc) is 3.03. The number of hydrogen-bond acceptors (Lipinski definition) is 4. The van der Waals surface area contributed by atoms with Crippen molar-refractivity contribution in [1.29, 1.82) is 5.41 Å². The highest BCUT2D eigenvalue weighted by Gasteiger charge is 2.32. The quantitative estimate of drug-likeness (QED) is 0.764. The highest BCUT2D eigenvalue weighted by molar-refractivity contribution is 6.45. The van der Waals surface area contributed by atoms with Gasteiger partial charge in [-0.1, -0.05) is 11.6 Å². The predicted molar refractivity (Wildman–Crippen MR) is 97.6 cm³/mol. The molecule has 0 unspecified atom stereocenters. The number of halogens is 2. The van der Waals surface area contributed by atoms with Crippen LogP contribution in [0.4, 0.5) is 14.9 Å². The largest absolute Gasteiger partial charge is 0.489 e. The van der Waals surface area contributed by atoms with Crippen LogP contribution in [0.25, 0.3) is 0 Å². The summed E-state index contributed by atoms with van der Waals surface area (Å²) in [6.07, 6.45) is 3.85. The zero-order chi connectivity index (χ0) is 19.4. The van der Waals surface area contributed by atoms with Gasteiger partial charge in [-0.05, 0) is 52.5 Å². The van der Waals surface area contributed by atoms with Crippen molar-refractivity contribution in [2.45, 2.75) is 58.6 Å². The van der Waals surface area contributed by atoms with Gasteiger partial charge in [-0.3, -0.25) is 15.5 Å². The van der Waals surface area contributed by atoms with Crippen LogP contribution in [0.3, 0.4) is 0 Å². The number of carbonyl (C=O) groups excluding carboxylic acids is 2. The third-order valence-corrected chi connectivity index (χ3v) is 4.35. The number of benzene rings is 1. The van der Waals surface area contributed by atoms with Crippen LogP contribution in [0.5, 0.6) is 5.75 Å². The Kier molecular flexibility index (Phi) is 6.72. The van der Waals surface area contributed by atoms with Crippen LogP contribution in [-0.2, 0) is 4.79 Å². The van der Waals surface area contributed by atoms with Crippen molar-refractivity contribution in [2.24, 2.45) is 0 Å². The second-order valence-corrected chi connectivity index (χ2v) is 7.18. The van der Waals surface area contributed by atoms with Gasteiger partial charge < -0.3 is 4.74 Å². The fourth-order valence-electron chi connectivity index (χ4n) is 2.82. The molecule has 3 N–H and O–H groups in total. The molecule has 0 atom stereocenters. The standard InChI is InChI=1S/C18H23ClFN3O3/c1-10(2)22-18(25)23(17(24)11(3)21)15-9-16(13(19)8-14(15)20)26-12-6-4-5-7-12/h8-10,12,21H,4-7H2,1-3H3,(H,22,25)/p+1. The summed E-state index contributed by atoms with van der Waals surface area (Å²) in [5.74, 6) is -1.48. The second-order valence-electron chi connectivity index (χ2n) is 6.77. The molecule has 1 aliphatic carbocycles. The summed E-state index contributed by atoms with van der Waals surface area (Å²) in [6.45, 7) is 4.79. The zero-order valence-electron chi connectivity index (χ0n) is 15.1. The molecular formula is C18H24ClFN3O3+. The van der Waals surface area contributed by atoms with Gasteiger partial charge in [0, 0.05) is 6.07 Å². The molecule has 0 spiro atoms. The number of primary amides is 1. The first-order valence-corrected chi connectivity index (χ1v) is 9.02. The minimum absolute atomic E-state index is 0.0163. The molecule has 1 aromatic carbocycles. The third-order valence-electron chi connectivity index (χ3n) is 4.06. The van der Waals surface area contributed by atoms with E-state index in [-0.39, 0.29) is 34.3 Å². The van der Waals surface area contributed by atoms with Gasteiger partial charge in [-0.15, -0.1) is 0 Å². The van der Waals surface area contributed by atoms with E-state index < -0.39 is 17.8 Å². The van der Waals surface area contributed by atoms with E-state index in [1.807, 2.05) is 0 Å². The summed E-state index contributed by atoms with van der Waals surface area (Å²) in [7, 11) is 0. The number of amides is 3. The number of rotatable bonds is 5. The summed E-state index contributed by atoms with van der Waals surface area (Å²) in [5, 5.41) is 8.95. The molecule has 1 fully saturated rings. The number of quaternary nitrogens is 1. The lowest BCUT2D eigenvalue weighted by Crippen LogP contribution is -2.95. The smallest absolute Gasteiger partial charge is 0.427 e. The van der Waals surface area contributed by atoms with Crippen LogP contribution in [0.2, 0.25) is 5.02 Å². The summed E-state index contributed by atoms with van der Waals surface area (Å²) in [5.41, 5.74) is -0.635. The van der Waals surface area contributed by atoms with E-state index in [4.69, 9.17) is 21.7 Å². The van der Waals surface area contributed by atoms with Gasteiger partial charge in [0.2, 0.25) is 0 Å². The molecule has 0 bridgehead atoms. The van der Waals surface area contributed by atoms with Crippen molar-refractivity contribution in [3.8, 4) is 5.75 Å². The lowest BCUT2D eigenvalue weighted by Gasteiger charge is -2.21. The molecule has 26 heavy (non-hydrogen) atoms.